The number of ether oxygens (including phenoxy) is 2. The van der Waals surface area contributed by atoms with Gasteiger partial charge in [0.05, 0.1) is 13.7 Å². The van der Waals surface area contributed by atoms with E-state index in [4.69, 9.17) is 9.47 Å². The third-order valence-electron chi connectivity index (χ3n) is 4.53. The molecule has 0 spiro atoms. The highest BCUT2D eigenvalue weighted by molar-refractivity contribution is 7.99. The van der Waals surface area contributed by atoms with E-state index >= 15 is 0 Å². The fourth-order valence-corrected chi connectivity index (χ4v) is 3.91. The number of nitrogens with zero attached hydrogens (tertiary/aromatic N) is 3. The molecule has 0 aliphatic heterocycles. The Balaban J connectivity index is 1.52. The van der Waals surface area contributed by atoms with Gasteiger partial charge in [-0.25, -0.2) is 4.79 Å². The number of carboxylic acid groups (broad SMARTS) is 1. The molecule has 7 nitrogen and oxygen atoms in total. The number of benzene rings is 2. The highest BCUT2D eigenvalue weighted by Gasteiger charge is 2.13. The number of hydrogen-bond acceptors (Lipinski definition) is 6. The van der Waals surface area contributed by atoms with Gasteiger partial charge < -0.3 is 19.1 Å². The van der Waals surface area contributed by atoms with Crippen LogP contribution in [0.15, 0.2) is 53.7 Å². The second-order valence-electron chi connectivity index (χ2n) is 6.52. The molecule has 8 heteroatoms. The largest absolute Gasteiger partial charge is 0.497 e. The molecule has 0 bridgehead atoms. The van der Waals surface area contributed by atoms with Crippen molar-refractivity contribution in [1.29, 1.82) is 0 Å². The zero-order valence-corrected chi connectivity index (χ0v) is 17.9. The van der Waals surface area contributed by atoms with Gasteiger partial charge in [0, 0.05) is 18.7 Å². The van der Waals surface area contributed by atoms with Gasteiger partial charge in [0.2, 0.25) is 0 Å². The van der Waals surface area contributed by atoms with Gasteiger partial charge in [0.1, 0.15) is 22.9 Å². The Morgan fingerprint density at radius 2 is 1.90 bits per heavy atom. The van der Waals surface area contributed by atoms with Crippen molar-refractivity contribution in [3.05, 3.63) is 65.5 Å². The van der Waals surface area contributed by atoms with E-state index in [2.05, 4.69) is 21.7 Å². The fraction of sp³-hybridized carbons (Fsp3) is 0.318. The average Bonchev–Trinajstić information content (AvgIpc) is 3.15. The first kappa shape index (κ1) is 21.7. The first-order valence-corrected chi connectivity index (χ1v) is 10.7. The van der Waals surface area contributed by atoms with E-state index in [9.17, 15) is 9.90 Å². The third-order valence-corrected chi connectivity index (χ3v) is 5.58. The van der Waals surface area contributed by atoms with Gasteiger partial charge in [-0.05, 0) is 43.2 Å². The molecule has 30 heavy (non-hydrogen) atoms. The van der Waals surface area contributed by atoms with Gasteiger partial charge in [-0.3, -0.25) is 0 Å². The lowest BCUT2D eigenvalue weighted by Crippen LogP contribution is -2.06. The molecule has 0 unspecified atom stereocenters. The van der Waals surface area contributed by atoms with E-state index in [0.717, 1.165) is 41.0 Å². The van der Waals surface area contributed by atoms with Crippen LogP contribution in [0.25, 0.3) is 0 Å². The van der Waals surface area contributed by atoms with Crippen LogP contribution < -0.4 is 9.47 Å². The van der Waals surface area contributed by atoms with Crippen molar-refractivity contribution < 1.29 is 19.4 Å². The second-order valence-corrected chi connectivity index (χ2v) is 7.58. The number of carboxylic acids is 1. The van der Waals surface area contributed by atoms with Crippen LogP contribution in [0.5, 0.6) is 11.5 Å². The molecule has 3 rings (SSSR count). The topological polar surface area (TPSA) is 86.5 Å². The summed E-state index contributed by atoms with van der Waals surface area (Å²) in [5, 5.41) is 18.8. The van der Waals surface area contributed by atoms with Gasteiger partial charge in [-0.2, -0.15) is 0 Å². The molecule has 0 saturated carbocycles. The van der Waals surface area contributed by atoms with Gasteiger partial charge in [-0.15, -0.1) is 10.2 Å². The minimum atomic E-state index is -0.986. The van der Waals surface area contributed by atoms with Crippen LogP contribution in [0.4, 0.5) is 0 Å². The van der Waals surface area contributed by atoms with Crippen LogP contribution in [-0.2, 0) is 13.0 Å². The quantitative estimate of drug-likeness (QED) is 0.363. The molecule has 0 amide bonds. The van der Waals surface area contributed by atoms with Crippen LogP contribution in [0, 0.1) is 0 Å². The highest BCUT2D eigenvalue weighted by atomic mass is 32.2. The van der Waals surface area contributed by atoms with Crippen LogP contribution in [0.1, 0.15) is 35.1 Å². The summed E-state index contributed by atoms with van der Waals surface area (Å²) in [5.41, 5.74) is 1.33. The molecule has 0 saturated heterocycles. The van der Waals surface area contributed by atoms with Gasteiger partial charge >= 0.3 is 5.97 Å². The Labute approximate surface area is 180 Å². The summed E-state index contributed by atoms with van der Waals surface area (Å²) >= 11 is 1.63. The molecular weight excluding hydrogens is 402 g/mol. The predicted molar refractivity (Wildman–Crippen MR) is 116 cm³/mol. The maximum Gasteiger partial charge on any atom is 0.339 e. The molecule has 2 aromatic carbocycles. The average molecular weight is 428 g/mol. The van der Waals surface area contributed by atoms with Crippen LogP contribution in [0.3, 0.4) is 0 Å². The Bertz CT molecular complexity index is 973. The molecule has 1 heterocycles. The normalized spacial score (nSPS) is 10.7. The van der Waals surface area contributed by atoms with Crippen LogP contribution in [-0.4, -0.2) is 45.3 Å². The summed E-state index contributed by atoms with van der Waals surface area (Å²) in [7, 11) is 1.65. The zero-order chi connectivity index (χ0) is 21.3. The number of rotatable bonds is 11. The van der Waals surface area contributed by atoms with E-state index in [1.165, 1.54) is 0 Å². The van der Waals surface area contributed by atoms with Gasteiger partial charge in [-0.1, -0.05) is 36.0 Å². The molecule has 0 atom stereocenters. The summed E-state index contributed by atoms with van der Waals surface area (Å²) < 4.78 is 13.0. The minimum Gasteiger partial charge on any atom is -0.497 e. The summed E-state index contributed by atoms with van der Waals surface area (Å²) in [4.78, 5) is 11.2. The molecule has 158 valence electrons. The third kappa shape index (κ3) is 5.54. The fourth-order valence-electron chi connectivity index (χ4n) is 2.97. The number of carbonyl (C=O) groups is 1. The molecule has 0 fully saturated rings. The maximum absolute atomic E-state index is 11.2. The van der Waals surface area contributed by atoms with Crippen LogP contribution >= 0.6 is 11.8 Å². The Hall–Kier alpha value is -3.00. The number of hydrogen-bond donors (Lipinski definition) is 1. The second kappa shape index (κ2) is 10.7. The molecule has 1 aromatic heterocycles. The number of methoxy groups -OCH3 is 1. The van der Waals surface area contributed by atoms with Crippen molar-refractivity contribution in [2.45, 2.75) is 31.5 Å². The Morgan fingerprint density at radius 1 is 1.13 bits per heavy atom. The van der Waals surface area contributed by atoms with E-state index in [0.29, 0.717) is 18.8 Å². The number of aromatic nitrogens is 3. The molecule has 1 N–H and O–H groups in total. The zero-order valence-electron chi connectivity index (χ0n) is 17.1. The monoisotopic (exact) mass is 427 g/mol. The lowest BCUT2D eigenvalue weighted by molar-refractivity contribution is 0.0692. The lowest BCUT2D eigenvalue weighted by Gasteiger charge is -2.09. The lowest BCUT2D eigenvalue weighted by atomic mass is 10.1. The summed E-state index contributed by atoms with van der Waals surface area (Å²) in [5.74, 6) is 1.97. The van der Waals surface area contributed by atoms with Crippen molar-refractivity contribution in [2.75, 3.05) is 19.5 Å². The number of aromatic carboxylic acids is 1. The van der Waals surface area contributed by atoms with Crippen molar-refractivity contribution in [3.8, 4) is 11.5 Å². The Morgan fingerprint density at radius 3 is 2.60 bits per heavy atom. The smallest absolute Gasteiger partial charge is 0.339 e. The number of para-hydroxylation sites is 1. The Kier molecular flexibility index (Phi) is 7.73. The van der Waals surface area contributed by atoms with Crippen molar-refractivity contribution in [3.63, 3.8) is 0 Å². The summed E-state index contributed by atoms with van der Waals surface area (Å²) in [6, 6.07) is 14.6. The highest BCUT2D eigenvalue weighted by Crippen LogP contribution is 2.22. The standard InChI is InChI=1S/C22H25N3O4S/c1-3-25-20(15-16-9-11-17(28-2)12-10-16)23-24-22(25)30-14-6-13-29-19-8-5-4-7-18(19)21(26)27/h4-5,7-12H,3,6,13-15H2,1-2H3,(H,26,27). The molecule has 3 aromatic rings. The number of thioether (sulfide) groups is 1. The van der Waals surface area contributed by atoms with Gasteiger partial charge in [0.15, 0.2) is 5.16 Å². The van der Waals surface area contributed by atoms with Crippen molar-refractivity contribution in [2.24, 2.45) is 0 Å². The van der Waals surface area contributed by atoms with Crippen molar-refractivity contribution >= 4 is 17.7 Å². The van der Waals surface area contributed by atoms with Gasteiger partial charge in [0.25, 0.3) is 0 Å². The van der Waals surface area contributed by atoms with E-state index < -0.39 is 5.97 Å². The minimum absolute atomic E-state index is 0.180. The van der Waals surface area contributed by atoms with Crippen LogP contribution in [0.2, 0.25) is 0 Å². The summed E-state index contributed by atoms with van der Waals surface area (Å²) in [6.45, 7) is 3.32. The van der Waals surface area contributed by atoms with E-state index in [1.807, 2.05) is 24.3 Å². The SMILES string of the molecule is CCn1c(Cc2ccc(OC)cc2)nnc1SCCCOc1ccccc1C(=O)O. The molecule has 0 aliphatic rings. The predicted octanol–water partition coefficient (Wildman–Crippen LogP) is 4.16. The van der Waals surface area contributed by atoms with E-state index in [1.54, 1.807) is 43.1 Å². The molecular formula is C22H25N3O4S. The summed E-state index contributed by atoms with van der Waals surface area (Å²) in [6.07, 6.45) is 1.48. The molecule has 0 radical (unpaired) electrons. The van der Waals surface area contributed by atoms with E-state index in [-0.39, 0.29) is 5.56 Å². The molecule has 0 aliphatic carbocycles. The maximum atomic E-state index is 11.2. The van der Waals surface area contributed by atoms with Crippen molar-refractivity contribution in [1.82, 2.24) is 14.8 Å². The first-order chi connectivity index (χ1) is 14.6. The first-order valence-electron chi connectivity index (χ1n) is 9.75.